The highest BCUT2D eigenvalue weighted by molar-refractivity contribution is 5.87. The fourth-order valence-corrected chi connectivity index (χ4v) is 2.64. The number of nitrogens with one attached hydrogen (secondary N) is 3. The molecular weight excluding hydrogens is 304 g/mol. The van der Waals surface area contributed by atoms with E-state index in [1.807, 2.05) is 31.2 Å². The van der Waals surface area contributed by atoms with Crippen molar-refractivity contribution in [2.45, 2.75) is 20.3 Å². The van der Waals surface area contributed by atoms with Crippen molar-refractivity contribution in [2.75, 3.05) is 17.2 Å². The Kier molecular flexibility index (Phi) is 3.53. The SMILES string of the molecule is CCCNc1nc(Nc2ccc3c(C)[nH]nc3c2)nc2ccoc12. The van der Waals surface area contributed by atoms with Crippen molar-refractivity contribution in [1.29, 1.82) is 0 Å². The van der Waals surface area contributed by atoms with Gasteiger partial charge in [0.2, 0.25) is 5.95 Å². The highest BCUT2D eigenvalue weighted by Gasteiger charge is 2.11. The number of fused-ring (bicyclic) bond motifs is 2. The van der Waals surface area contributed by atoms with Crippen LogP contribution in [0.4, 0.5) is 17.5 Å². The topological polar surface area (TPSA) is 91.7 Å². The van der Waals surface area contributed by atoms with E-state index in [0.29, 0.717) is 17.3 Å². The Morgan fingerprint density at radius 1 is 1.17 bits per heavy atom. The molecule has 3 N–H and O–H groups in total. The molecule has 0 aliphatic rings. The molecule has 1 aromatic carbocycles. The number of aromatic amines is 1. The van der Waals surface area contributed by atoms with Crippen LogP contribution in [0.2, 0.25) is 0 Å². The third-order valence-corrected chi connectivity index (χ3v) is 3.85. The summed E-state index contributed by atoms with van der Waals surface area (Å²) >= 11 is 0. The summed E-state index contributed by atoms with van der Waals surface area (Å²) in [5.74, 6) is 1.22. The normalized spacial score (nSPS) is 11.2. The molecular formula is C17H18N6O. The Balaban J connectivity index is 1.69. The quantitative estimate of drug-likeness (QED) is 0.515. The van der Waals surface area contributed by atoms with E-state index in [1.54, 1.807) is 6.26 Å². The van der Waals surface area contributed by atoms with Crippen LogP contribution in [0.1, 0.15) is 19.0 Å². The van der Waals surface area contributed by atoms with Gasteiger partial charge in [-0.2, -0.15) is 10.1 Å². The molecule has 4 aromatic rings. The monoisotopic (exact) mass is 322 g/mol. The maximum absolute atomic E-state index is 5.48. The third kappa shape index (κ3) is 2.54. The van der Waals surface area contributed by atoms with Crippen LogP contribution in [0.15, 0.2) is 34.9 Å². The predicted molar refractivity (Wildman–Crippen MR) is 94.7 cm³/mol. The number of benzene rings is 1. The van der Waals surface area contributed by atoms with Crippen molar-refractivity contribution in [1.82, 2.24) is 20.2 Å². The first-order chi connectivity index (χ1) is 11.7. The lowest BCUT2D eigenvalue weighted by Gasteiger charge is -2.09. The van der Waals surface area contributed by atoms with Crippen molar-refractivity contribution in [3.05, 3.63) is 36.2 Å². The van der Waals surface area contributed by atoms with E-state index in [2.05, 4.69) is 37.7 Å². The van der Waals surface area contributed by atoms with Gasteiger partial charge >= 0.3 is 0 Å². The van der Waals surface area contributed by atoms with E-state index in [4.69, 9.17) is 4.42 Å². The van der Waals surface area contributed by atoms with Crippen molar-refractivity contribution in [3.63, 3.8) is 0 Å². The van der Waals surface area contributed by atoms with Crippen LogP contribution in [0, 0.1) is 6.92 Å². The molecule has 0 aliphatic carbocycles. The molecule has 0 bridgehead atoms. The van der Waals surface area contributed by atoms with Gasteiger partial charge in [-0.3, -0.25) is 5.10 Å². The van der Waals surface area contributed by atoms with Gasteiger partial charge in [-0.05, 0) is 31.5 Å². The van der Waals surface area contributed by atoms with Gasteiger partial charge in [0.05, 0.1) is 11.8 Å². The summed E-state index contributed by atoms with van der Waals surface area (Å²) < 4.78 is 5.48. The van der Waals surface area contributed by atoms with Gasteiger partial charge in [0.25, 0.3) is 0 Å². The first-order valence-corrected chi connectivity index (χ1v) is 7.95. The first-order valence-electron chi connectivity index (χ1n) is 7.95. The molecule has 3 aromatic heterocycles. The summed E-state index contributed by atoms with van der Waals surface area (Å²) in [7, 11) is 0. The Labute approximate surface area is 138 Å². The fourth-order valence-electron chi connectivity index (χ4n) is 2.64. The average Bonchev–Trinajstić information content (AvgIpc) is 3.19. The number of rotatable bonds is 5. The summed E-state index contributed by atoms with van der Waals surface area (Å²) in [6, 6.07) is 7.83. The second-order valence-corrected chi connectivity index (χ2v) is 5.66. The number of furan rings is 1. The number of aromatic nitrogens is 4. The van der Waals surface area contributed by atoms with Crippen LogP contribution in [-0.2, 0) is 0 Å². The van der Waals surface area contributed by atoms with Gasteiger partial charge in [-0.25, -0.2) is 4.98 Å². The van der Waals surface area contributed by atoms with Crippen molar-refractivity contribution < 1.29 is 4.42 Å². The lowest BCUT2D eigenvalue weighted by atomic mass is 10.2. The van der Waals surface area contributed by atoms with Gasteiger partial charge in [-0.15, -0.1) is 0 Å². The molecule has 0 radical (unpaired) electrons. The van der Waals surface area contributed by atoms with E-state index < -0.39 is 0 Å². The zero-order valence-corrected chi connectivity index (χ0v) is 13.6. The van der Waals surface area contributed by atoms with Crippen LogP contribution in [0.25, 0.3) is 22.0 Å². The molecule has 7 heteroatoms. The minimum Gasteiger partial charge on any atom is -0.459 e. The second-order valence-electron chi connectivity index (χ2n) is 5.66. The zero-order chi connectivity index (χ0) is 16.5. The van der Waals surface area contributed by atoms with E-state index in [0.717, 1.165) is 40.8 Å². The summed E-state index contributed by atoms with van der Waals surface area (Å²) in [5.41, 5.74) is 4.29. The summed E-state index contributed by atoms with van der Waals surface area (Å²) in [6.45, 7) is 4.93. The molecule has 7 nitrogen and oxygen atoms in total. The van der Waals surface area contributed by atoms with Gasteiger partial charge < -0.3 is 15.1 Å². The minimum absolute atomic E-state index is 0.522. The minimum atomic E-state index is 0.522. The molecule has 0 aliphatic heterocycles. The maximum Gasteiger partial charge on any atom is 0.229 e. The van der Waals surface area contributed by atoms with E-state index in [-0.39, 0.29) is 0 Å². The van der Waals surface area contributed by atoms with Crippen molar-refractivity contribution in [3.8, 4) is 0 Å². The van der Waals surface area contributed by atoms with Crippen molar-refractivity contribution >= 4 is 39.5 Å². The fraction of sp³-hybridized carbons (Fsp3) is 0.235. The van der Waals surface area contributed by atoms with Gasteiger partial charge in [-0.1, -0.05) is 6.92 Å². The lowest BCUT2D eigenvalue weighted by Crippen LogP contribution is -2.05. The number of hydrogen-bond acceptors (Lipinski definition) is 6. The zero-order valence-electron chi connectivity index (χ0n) is 13.6. The smallest absolute Gasteiger partial charge is 0.229 e. The van der Waals surface area contributed by atoms with Crippen LogP contribution >= 0.6 is 0 Å². The van der Waals surface area contributed by atoms with Gasteiger partial charge in [0, 0.05) is 29.4 Å². The molecule has 4 rings (SSSR count). The summed E-state index contributed by atoms with van der Waals surface area (Å²) in [5, 5.41) is 14.9. The van der Waals surface area contributed by atoms with E-state index in [1.165, 1.54) is 0 Å². The van der Waals surface area contributed by atoms with Crippen molar-refractivity contribution in [2.24, 2.45) is 0 Å². The lowest BCUT2D eigenvalue weighted by molar-refractivity contribution is 0.614. The third-order valence-electron chi connectivity index (χ3n) is 3.85. The molecule has 0 fully saturated rings. The van der Waals surface area contributed by atoms with Gasteiger partial charge in [0.1, 0.15) is 5.52 Å². The Morgan fingerprint density at radius 2 is 2.08 bits per heavy atom. The van der Waals surface area contributed by atoms with Crippen LogP contribution < -0.4 is 10.6 Å². The number of aryl methyl sites for hydroxylation is 1. The van der Waals surface area contributed by atoms with E-state index in [9.17, 15) is 0 Å². The van der Waals surface area contributed by atoms with Crippen LogP contribution in [0.5, 0.6) is 0 Å². The van der Waals surface area contributed by atoms with Crippen LogP contribution in [0.3, 0.4) is 0 Å². The Morgan fingerprint density at radius 3 is 2.96 bits per heavy atom. The van der Waals surface area contributed by atoms with Gasteiger partial charge in [0.15, 0.2) is 11.4 Å². The Bertz CT molecular complexity index is 1000. The second kappa shape index (κ2) is 5.84. The number of H-pyrrole nitrogens is 1. The number of anilines is 3. The largest absolute Gasteiger partial charge is 0.459 e. The predicted octanol–water partition coefficient (Wildman–Crippen LogP) is 3.97. The molecule has 0 unspecified atom stereocenters. The van der Waals surface area contributed by atoms with E-state index >= 15 is 0 Å². The molecule has 3 heterocycles. The molecule has 0 spiro atoms. The molecule has 122 valence electrons. The van der Waals surface area contributed by atoms with Crippen LogP contribution in [-0.4, -0.2) is 26.7 Å². The highest BCUT2D eigenvalue weighted by Crippen LogP contribution is 2.26. The maximum atomic E-state index is 5.48. The number of hydrogen-bond donors (Lipinski definition) is 3. The highest BCUT2D eigenvalue weighted by atomic mass is 16.3. The standard InChI is InChI=1S/C17H18N6O/c1-3-7-18-16-15-13(6-8-24-15)20-17(21-16)19-11-4-5-12-10(2)22-23-14(12)9-11/h4-6,8-9H,3,7H2,1-2H3,(H,22,23)(H2,18,19,20,21). The molecule has 0 amide bonds. The number of nitrogens with zero attached hydrogens (tertiary/aromatic N) is 3. The average molecular weight is 322 g/mol. The molecule has 0 saturated carbocycles. The molecule has 24 heavy (non-hydrogen) atoms. The first kappa shape index (κ1) is 14.5. The summed E-state index contributed by atoms with van der Waals surface area (Å²) in [6.07, 6.45) is 2.63. The Hall–Kier alpha value is -3.09. The molecule has 0 atom stereocenters. The summed E-state index contributed by atoms with van der Waals surface area (Å²) in [4.78, 5) is 9.04. The molecule has 0 saturated heterocycles.